The Labute approximate surface area is 300 Å². The first-order valence-corrected chi connectivity index (χ1v) is 16.6. The Balaban J connectivity index is 0.00000562. The molecule has 0 aliphatic carbocycles. The number of hydrogen-bond acceptors (Lipinski definition) is 15. The molecule has 3 heterocycles. The first kappa shape index (κ1) is 40.7. The Kier molecular flexibility index (Phi) is 15.6. The Hall–Kier alpha value is -2.03. The molecule has 0 radical (unpaired) electrons. The summed E-state index contributed by atoms with van der Waals surface area (Å²) in [5, 5.41) is 71.4. The minimum atomic E-state index is -1.82. The SMILES string of the molecule is Cl.O=C(COCCN1CCN(C(c2ccccc2)c2ccc(Cl)cc2)CC1)OCC1OC(OC2C(CO)OC(O)C(O)C2O)C(O)C(O)C1O. The molecule has 0 spiro atoms. The fraction of sp³-hybridized carbons (Fsp3) is 0.606. The van der Waals surface area contributed by atoms with Crippen molar-refractivity contribution in [3.05, 3.63) is 70.7 Å². The van der Waals surface area contributed by atoms with Crippen LogP contribution in [0.5, 0.6) is 0 Å². The van der Waals surface area contributed by atoms with Crippen molar-refractivity contribution in [3.8, 4) is 0 Å². The molecule has 15 nitrogen and oxygen atoms in total. The van der Waals surface area contributed by atoms with Crippen LogP contribution in [0.25, 0.3) is 0 Å². The number of esters is 1. The van der Waals surface area contributed by atoms with Crippen LogP contribution in [0.1, 0.15) is 17.2 Å². The van der Waals surface area contributed by atoms with Crippen LogP contribution < -0.4 is 0 Å². The van der Waals surface area contributed by atoms with Gasteiger partial charge in [0.2, 0.25) is 0 Å². The number of halogens is 2. The van der Waals surface area contributed by atoms with Gasteiger partial charge in [0.1, 0.15) is 62.0 Å². The van der Waals surface area contributed by atoms with Gasteiger partial charge in [0.05, 0.1) is 19.3 Å². The molecular formula is C33H46Cl2N2O13. The van der Waals surface area contributed by atoms with Gasteiger partial charge in [-0.25, -0.2) is 4.79 Å². The largest absolute Gasteiger partial charge is 0.461 e. The van der Waals surface area contributed by atoms with Crippen LogP contribution in [0.15, 0.2) is 54.6 Å². The van der Waals surface area contributed by atoms with Gasteiger partial charge in [-0.1, -0.05) is 54.1 Å². The lowest BCUT2D eigenvalue weighted by atomic mass is 9.96. The van der Waals surface area contributed by atoms with E-state index in [9.17, 15) is 40.5 Å². The van der Waals surface area contributed by atoms with Gasteiger partial charge in [0.15, 0.2) is 12.6 Å². The number of hydrogen-bond donors (Lipinski definition) is 7. The predicted octanol–water partition coefficient (Wildman–Crippen LogP) is -1.35. The van der Waals surface area contributed by atoms with Crippen molar-refractivity contribution in [2.24, 2.45) is 0 Å². The van der Waals surface area contributed by atoms with Crippen LogP contribution in [-0.2, 0) is 28.5 Å². The quantitative estimate of drug-likeness (QED) is 0.0933. The van der Waals surface area contributed by atoms with E-state index in [1.54, 1.807) is 0 Å². The fourth-order valence-electron chi connectivity index (χ4n) is 6.26. The average Bonchev–Trinajstić information content (AvgIpc) is 3.11. The Morgan fingerprint density at radius 3 is 2.14 bits per heavy atom. The number of aliphatic hydroxyl groups is 7. The van der Waals surface area contributed by atoms with E-state index < -0.39 is 80.6 Å². The number of rotatable bonds is 13. The highest BCUT2D eigenvalue weighted by Gasteiger charge is 2.50. The average molecular weight is 750 g/mol. The van der Waals surface area contributed by atoms with Crippen LogP contribution in [-0.4, -0.2) is 172 Å². The highest BCUT2D eigenvalue weighted by molar-refractivity contribution is 6.30. The van der Waals surface area contributed by atoms with Crippen molar-refractivity contribution in [1.29, 1.82) is 0 Å². The van der Waals surface area contributed by atoms with Gasteiger partial charge in [-0.2, -0.15) is 0 Å². The summed E-state index contributed by atoms with van der Waals surface area (Å²) in [6.45, 7) is 2.52. The lowest BCUT2D eigenvalue weighted by molar-refractivity contribution is -0.355. The van der Waals surface area contributed by atoms with E-state index in [-0.39, 0.29) is 31.7 Å². The maximum atomic E-state index is 12.4. The summed E-state index contributed by atoms with van der Waals surface area (Å²) in [6.07, 6.45) is -16.5. The number of piperazine rings is 1. The zero-order valence-corrected chi connectivity index (χ0v) is 28.7. The second-order valence-electron chi connectivity index (χ2n) is 12.3. The number of benzene rings is 2. The Bertz CT molecular complexity index is 1310. The van der Waals surface area contributed by atoms with E-state index >= 15 is 0 Å². The first-order chi connectivity index (χ1) is 23.6. The van der Waals surface area contributed by atoms with E-state index in [0.29, 0.717) is 11.6 Å². The fourth-order valence-corrected chi connectivity index (χ4v) is 6.39. The molecule has 0 bridgehead atoms. The van der Waals surface area contributed by atoms with E-state index in [0.717, 1.165) is 26.2 Å². The summed E-state index contributed by atoms with van der Waals surface area (Å²) in [7, 11) is 0. The van der Waals surface area contributed by atoms with Crippen LogP contribution in [0.2, 0.25) is 5.02 Å². The Morgan fingerprint density at radius 2 is 1.48 bits per heavy atom. The zero-order chi connectivity index (χ0) is 35.1. The maximum Gasteiger partial charge on any atom is 0.332 e. The number of aliphatic hydroxyl groups excluding tert-OH is 7. The summed E-state index contributed by atoms with van der Waals surface area (Å²) in [6, 6.07) is 18.3. The third-order valence-corrected chi connectivity index (χ3v) is 9.30. The smallest absolute Gasteiger partial charge is 0.332 e. The lowest BCUT2D eigenvalue weighted by Gasteiger charge is -2.45. The van der Waals surface area contributed by atoms with Gasteiger partial charge in [-0.3, -0.25) is 9.80 Å². The minimum Gasteiger partial charge on any atom is -0.461 e. The molecule has 3 saturated heterocycles. The standard InChI is InChI=1S/C33H45ClN2O13.ClH/c34-21-8-6-20(7-9-21)25(19-4-2-1-3-5-19)36-12-10-35(11-13-36)14-15-45-18-24(38)46-17-23-26(39)27(40)30(43)33(48-23)49-31-22(16-37)47-32(44)29(42)28(31)41;/h1-9,22-23,25-33,37,39-44H,10-18H2;1H. The topological polar surface area (TPSA) is 211 Å². The van der Waals surface area contributed by atoms with E-state index in [1.807, 2.05) is 30.3 Å². The molecule has 280 valence electrons. The summed E-state index contributed by atoms with van der Waals surface area (Å²) in [5.41, 5.74) is 2.37. The molecule has 0 saturated carbocycles. The number of ether oxygens (including phenoxy) is 5. The highest BCUT2D eigenvalue weighted by atomic mass is 35.5. The van der Waals surface area contributed by atoms with Crippen molar-refractivity contribution in [2.45, 2.75) is 67.5 Å². The molecule has 3 fully saturated rings. The molecule has 0 aromatic heterocycles. The summed E-state index contributed by atoms with van der Waals surface area (Å²) in [5.74, 6) is -0.749. The molecule has 0 amide bonds. The normalized spacial score (nSPS) is 33.0. The third kappa shape index (κ3) is 10.1. The van der Waals surface area contributed by atoms with E-state index in [1.165, 1.54) is 11.1 Å². The first-order valence-electron chi connectivity index (χ1n) is 16.2. The zero-order valence-electron chi connectivity index (χ0n) is 27.2. The van der Waals surface area contributed by atoms with Crippen LogP contribution in [0, 0.1) is 0 Å². The van der Waals surface area contributed by atoms with Crippen molar-refractivity contribution in [3.63, 3.8) is 0 Å². The molecule has 3 aliphatic heterocycles. The van der Waals surface area contributed by atoms with Crippen LogP contribution in [0.3, 0.4) is 0 Å². The second kappa shape index (κ2) is 19.2. The van der Waals surface area contributed by atoms with Gasteiger partial charge in [-0.05, 0) is 23.3 Å². The third-order valence-electron chi connectivity index (χ3n) is 9.05. The number of nitrogens with zero attached hydrogens (tertiary/aromatic N) is 2. The highest BCUT2D eigenvalue weighted by Crippen LogP contribution is 2.31. The van der Waals surface area contributed by atoms with Gasteiger partial charge in [0.25, 0.3) is 0 Å². The molecule has 50 heavy (non-hydrogen) atoms. The van der Waals surface area contributed by atoms with Crippen LogP contribution in [0.4, 0.5) is 0 Å². The molecule has 11 atom stereocenters. The van der Waals surface area contributed by atoms with Gasteiger partial charge >= 0.3 is 5.97 Å². The monoisotopic (exact) mass is 748 g/mol. The van der Waals surface area contributed by atoms with Gasteiger partial charge in [-0.15, -0.1) is 12.4 Å². The van der Waals surface area contributed by atoms with Crippen molar-refractivity contribution < 1.29 is 64.2 Å². The molecule has 11 unspecified atom stereocenters. The predicted molar refractivity (Wildman–Crippen MR) is 178 cm³/mol. The molecule has 2 aromatic rings. The molecule has 5 rings (SSSR count). The molecule has 7 N–H and O–H groups in total. The molecule has 3 aliphatic rings. The van der Waals surface area contributed by atoms with Gasteiger partial charge in [0, 0.05) is 37.7 Å². The summed E-state index contributed by atoms with van der Waals surface area (Å²) in [4.78, 5) is 17.1. The Morgan fingerprint density at radius 1 is 0.820 bits per heavy atom. The summed E-state index contributed by atoms with van der Waals surface area (Å²) < 4.78 is 26.8. The number of carbonyl (C=O) groups excluding carboxylic acids is 1. The van der Waals surface area contributed by atoms with E-state index in [2.05, 4.69) is 34.1 Å². The molecular weight excluding hydrogens is 703 g/mol. The van der Waals surface area contributed by atoms with Crippen LogP contribution >= 0.6 is 24.0 Å². The minimum absolute atomic E-state index is 0. The van der Waals surface area contributed by atoms with Crippen molar-refractivity contribution in [2.75, 3.05) is 59.2 Å². The van der Waals surface area contributed by atoms with Crippen molar-refractivity contribution >= 4 is 30.0 Å². The van der Waals surface area contributed by atoms with E-state index in [4.69, 9.17) is 35.3 Å². The molecule has 2 aromatic carbocycles. The molecule has 17 heteroatoms. The maximum absolute atomic E-state index is 12.4. The summed E-state index contributed by atoms with van der Waals surface area (Å²) >= 11 is 6.14. The number of carbonyl (C=O) groups is 1. The second-order valence-corrected chi connectivity index (χ2v) is 12.8. The van der Waals surface area contributed by atoms with Crippen molar-refractivity contribution in [1.82, 2.24) is 9.80 Å². The lowest BCUT2D eigenvalue weighted by Crippen LogP contribution is -2.64. The van der Waals surface area contributed by atoms with Gasteiger partial charge < -0.3 is 59.4 Å².